The molecule has 0 radical (unpaired) electrons. The van der Waals surface area contributed by atoms with Gasteiger partial charge in [-0.1, -0.05) is 6.42 Å². The van der Waals surface area contributed by atoms with Gasteiger partial charge in [0, 0.05) is 37.1 Å². The van der Waals surface area contributed by atoms with Crippen LogP contribution in [0.4, 0.5) is 4.79 Å². The van der Waals surface area contributed by atoms with Gasteiger partial charge >= 0.3 is 6.03 Å². The molecule has 2 amide bonds. The first-order chi connectivity index (χ1) is 11.6. The molecule has 5 nitrogen and oxygen atoms in total. The maximum absolute atomic E-state index is 12.8. The van der Waals surface area contributed by atoms with E-state index in [1.807, 2.05) is 0 Å². The highest BCUT2D eigenvalue weighted by Gasteiger charge is 2.67. The van der Waals surface area contributed by atoms with Crippen LogP contribution in [0.3, 0.4) is 0 Å². The summed E-state index contributed by atoms with van der Waals surface area (Å²) in [5.74, 6) is 1.36. The Kier molecular flexibility index (Phi) is 4.50. The number of carbonyl (C=O) groups is 1. The summed E-state index contributed by atoms with van der Waals surface area (Å²) in [5.41, 5.74) is 0.293. The van der Waals surface area contributed by atoms with Crippen LogP contribution >= 0.6 is 0 Å². The highest BCUT2D eigenvalue weighted by Crippen LogP contribution is 2.62. The summed E-state index contributed by atoms with van der Waals surface area (Å²) < 4.78 is 5.96. The number of likely N-dealkylation sites (tertiary alicyclic amines) is 1. The second kappa shape index (κ2) is 6.49. The summed E-state index contributed by atoms with van der Waals surface area (Å²) in [4.78, 5) is 17.1. The molecule has 5 heteroatoms. The fraction of sp³-hybridized carbons (Fsp3) is 0.947. The number of amides is 2. The van der Waals surface area contributed by atoms with Crippen molar-refractivity contribution in [3.05, 3.63) is 0 Å². The van der Waals surface area contributed by atoms with Crippen LogP contribution in [0.25, 0.3) is 0 Å². The van der Waals surface area contributed by atoms with Gasteiger partial charge in [-0.3, -0.25) is 0 Å². The predicted molar refractivity (Wildman–Crippen MR) is 93.9 cm³/mol. The van der Waals surface area contributed by atoms with Crippen molar-refractivity contribution in [1.29, 1.82) is 0 Å². The summed E-state index contributed by atoms with van der Waals surface area (Å²) in [6.07, 6.45) is 8.93. The first-order valence-corrected chi connectivity index (χ1v) is 9.92. The molecule has 0 unspecified atom stereocenters. The highest BCUT2D eigenvalue weighted by molar-refractivity contribution is 5.75. The SMILES string of the molecule is CN(C)CCC1CCN(C(=O)N[C@@H]2[C@H]3CCO[C@H]3C23CCC3)CC1. The third-order valence-electron chi connectivity index (χ3n) is 7.20. The molecule has 1 spiro atoms. The number of piperidine rings is 1. The Labute approximate surface area is 146 Å². The maximum Gasteiger partial charge on any atom is 0.317 e. The van der Waals surface area contributed by atoms with Crippen molar-refractivity contribution in [2.75, 3.05) is 40.3 Å². The van der Waals surface area contributed by atoms with Gasteiger partial charge in [-0.05, 0) is 65.1 Å². The lowest BCUT2D eigenvalue weighted by Crippen LogP contribution is -2.72. The van der Waals surface area contributed by atoms with Crippen LogP contribution in [0.2, 0.25) is 0 Å². The largest absolute Gasteiger partial charge is 0.377 e. The van der Waals surface area contributed by atoms with Gasteiger partial charge in [-0.15, -0.1) is 0 Å². The third-order valence-corrected chi connectivity index (χ3v) is 7.20. The molecule has 4 fully saturated rings. The molecule has 0 aromatic rings. The highest BCUT2D eigenvalue weighted by atomic mass is 16.5. The van der Waals surface area contributed by atoms with Gasteiger partial charge in [-0.2, -0.15) is 0 Å². The summed E-state index contributed by atoms with van der Waals surface area (Å²) in [7, 11) is 4.27. The minimum atomic E-state index is 0.183. The Morgan fingerprint density at radius 2 is 2.00 bits per heavy atom. The van der Waals surface area contributed by atoms with Gasteiger partial charge in [0.15, 0.2) is 0 Å². The molecule has 2 aliphatic heterocycles. The van der Waals surface area contributed by atoms with E-state index in [1.54, 1.807) is 0 Å². The standard InChI is InChI=1S/C19H33N3O2/c1-21(2)10-4-14-5-11-22(12-6-14)18(23)20-16-15-7-13-24-17(15)19(16)8-3-9-19/h14-17H,3-13H2,1-2H3,(H,20,23)/t15-,16-,17-/m1/s1. The molecular weight excluding hydrogens is 302 g/mol. The third kappa shape index (κ3) is 2.74. The summed E-state index contributed by atoms with van der Waals surface area (Å²) in [6.45, 7) is 3.90. The normalized spacial score (nSPS) is 34.8. The molecule has 4 aliphatic rings. The van der Waals surface area contributed by atoms with E-state index >= 15 is 0 Å². The first-order valence-electron chi connectivity index (χ1n) is 9.92. The van der Waals surface area contributed by atoms with Crippen LogP contribution < -0.4 is 5.32 Å². The quantitative estimate of drug-likeness (QED) is 0.857. The van der Waals surface area contributed by atoms with Crippen LogP contribution in [0.5, 0.6) is 0 Å². The minimum absolute atomic E-state index is 0.183. The second-order valence-corrected chi connectivity index (χ2v) is 8.78. The molecule has 3 atom stereocenters. The Morgan fingerprint density at radius 1 is 1.25 bits per heavy atom. The summed E-state index contributed by atoms with van der Waals surface area (Å²) >= 11 is 0. The lowest BCUT2D eigenvalue weighted by atomic mass is 9.46. The van der Waals surface area contributed by atoms with Crippen molar-refractivity contribution < 1.29 is 9.53 Å². The molecule has 2 aliphatic carbocycles. The van der Waals surface area contributed by atoms with Crippen LogP contribution in [0.1, 0.15) is 44.9 Å². The lowest BCUT2D eigenvalue weighted by Gasteiger charge is -2.63. The number of carbonyl (C=O) groups excluding carboxylic acids is 1. The van der Waals surface area contributed by atoms with Gasteiger partial charge in [0.05, 0.1) is 6.10 Å². The van der Waals surface area contributed by atoms with Crippen LogP contribution in [0, 0.1) is 17.3 Å². The number of nitrogens with one attached hydrogen (secondary N) is 1. The molecule has 4 rings (SSSR count). The monoisotopic (exact) mass is 335 g/mol. The van der Waals surface area contributed by atoms with Gasteiger partial charge < -0.3 is 19.9 Å². The number of hydrogen-bond donors (Lipinski definition) is 1. The van der Waals surface area contributed by atoms with Gasteiger partial charge in [0.2, 0.25) is 0 Å². The van der Waals surface area contributed by atoms with Crippen molar-refractivity contribution in [2.24, 2.45) is 17.3 Å². The van der Waals surface area contributed by atoms with E-state index in [0.29, 0.717) is 23.5 Å². The molecule has 0 aromatic heterocycles. The van der Waals surface area contributed by atoms with E-state index in [1.165, 1.54) is 25.7 Å². The number of rotatable bonds is 4. The molecule has 2 heterocycles. The van der Waals surface area contributed by atoms with Crippen molar-refractivity contribution in [3.63, 3.8) is 0 Å². The van der Waals surface area contributed by atoms with Crippen molar-refractivity contribution in [2.45, 2.75) is 57.1 Å². The van der Waals surface area contributed by atoms with Crippen LogP contribution in [0.15, 0.2) is 0 Å². The average Bonchev–Trinajstić information content (AvgIpc) is 2.94. The first kappa shape index (κ1) is 16.6. The summed E-state index contributed by atoms with van der Waals surface area (Å²) in [6, 6.07) is 0.556. The molecule has 1 N–H and O–H groups in total. The van der Waals surface area contributed by atoms with E-state index in [9.17, 15) is 4.79 Å². The van der Waals surface area contributed by atoms with Gasteiger partial charge in [0.25, 0.3) is 0 Å². The fourth-order valence-corrected chi connectivity index (χ4v) is 5.55. The van der Waals surface area contributed by atoms with Crippen LogP contribution in [-0.4, -0.2) is 68.3 Å². The van der Waals surface area contributed by atoms with Crippen LogP contribution in [-0.2, 0) is 4.74 Å². The number of nitrogens with zero attached hydrogens (tertiary/aromatic N) is 2. The fourth-order valence-electron chi connectivity index (χ4n) is 5.55. The molecular formula is C19H33N3O2. The van der Waals surface area contributed by atoms with E-state index in [4.69, 9.17) is 4.74 Å². The van der Waals surface area contributed by atoms with Gasteiger partial charge in [-0.25, -0.2) is 4.79 Å². The van der Waals surface area contributed by atoms with Crippen molar-refractivity contribution in [3.8, 4) is 0 Å². The minimum Gasteiger partial charge on any atom is -0.377 e. The molecule has 136 valence electrons. The van der Waals surface area contributed by atoms with E-state index < -0.39 is 0 Å². The predicted octanol–water partition coefficient (Wildman–Crippen LogP) is 2.32. The smallest absolute Gasteiger partial charge is 0.317 e. The topological polar surface area (TPSA) is 44.8 Å². The van der Waals surface area contributed by atoms with Crippen molar-refractivity contribution >= 4 is 6.03 Å². The zero-order valence-electron chi connectivity index (χ0n) is 15.3. The molecule has 24 heavy (non-hydrogen) atoms. The Hall–Kier alpha value is -0.810. The summed E-state index contributed by atoms with van der Waals surface area (Å²) in [5, 5.41) is 3.41. The zero-order valence-corrected chi connectivity index (χ0v) is 15.3. The molecule has 0 bridgehead atoms. The lowest BCUT2D eigenvalue weighted by molar-refractivity contribution is -0.172. The Bertz CT molecular complexity index is 469. The molecule has 2 saturated heterocycles. The number of fused-ring (bicyclic) bond motifs is 2. The number of hydrogen-bond acceptors (Lipinski definition) is 3. The molecule has 2 saturated carbocycles. The number of ether oxygens (including phenoxy) is 1. The Balaban J connectivity index is 1.27. The number of urea groups is 1. The maximum atomic E-state index is 12.8. The Morgan fingerprint density at radius 3 is 2.62 bits per heavy atom. The average molecular weight is 335 g/mol. The zero-order chi connectivity index (χ0) is 16.7. The van der Waals surface area contributed by atoms with E-state index in [-0.39, 0.29) is 6.03 Å². The second-order valence-electron chi connectivity index (χ2n) is 8.78. The van der Waals surface area contributed by atoms with Crippen molar-refractivity contribution in [1.82, 2.24) is 15.1 Å². The van der Waals surface area contributed by atoms with Gasteiger partial charge in [0.1, 0.15) is 0 Å². The molecule has 0 aromatic carbocycles. The van der Waals surface area contributed by atoms with E-state index in [0.717, 1.165) is 51.4 Å². The van der Waals surface area contributed by atoms with E-state index in [2.05, 4.69) is 29.2 Å².